The van der Waals surface area contributed by atoms with Gasteiger partial charge in [-0.15, -0.1) is 0 Å². The predicted molar refractivity (Wildman–Crippen MR) is 63.9 cm³/mol. The third-order valence-corrected chi connectivity index (χ3v) is 2.80. The molecule has 0 spiro atoms. The van der Waals surface area contributed by atoms with Gasteiger partial charge in [-0.25, -0.2) is 0 Å². The average Bonchev–Trinajstić information content (AvgIpc) is 2.18. The first kappa shape index (κ1) is 12.9. The van der Waals surface area contributed by atoms with Crippen molar-refractivity contribution in [3.63, 3.8) is 0 Å². The average molecular weight is 214 g/mol. The fourth-order valence-corrected chi connectivity index (χ4v) is 2.20. The maximum absolute atomic E-state index is 5.75. The summed E-state index contributed by atoms with van der Waals surface area (Å²) in [6.45, 7) is 9.41. The second kappa shape index (κ2) is 7.20. The molecule has 0 saturated carbocycles. The summed E-state index contributed by atoms with van der Waals surface area (Å²) >= 11 is 0. The molecular formula is C12H26N2O. The van der Waals surface area contributed by atoms with E-state index in [9.17, 15) is 0 Å². The van der Waals surface area contributed by atoms with Gasteiger partial charge in [0, 0.05) is 32.8 Å². The third kappa shape index (κ3) is 5.50. The van der Waals surface area contributed by atoms with Gasteiger partial charge in [0.15, 0.2) is 0 Å². The largest absolute Gasteiger partial charge is 0.377 e. The fourth-order valence-electron chi connectivity index (χ4n) is 2.20. The summed E-state index contributed by atoms with van der Waals surface area (Å²) in [6, 6.07) is 0. The van der Waals surface area contributed by atoms with Crippen molar-refractivity contribution in [2.45, 2.75) is 39.2 Å². The molecule has 2 N–H and O–H groups in total. The topological polar surface area (TPSA) is 38.5 Å². The highest BCUT2D eigenvalue weighted by Gasteiger charge is 2.17. The van der Waals surface area contributed by atoms with E-state index in [0.717, 1.165) is 32.8 Å². The van der Waals surface area contributed by atoms with Gasteiger partial charge in [-0.2, -0.15) is 0 Å². The molecule has 1 rings (SSSR count). The first-order valence-corrected chi connectivity index (χ1v) is 6.26. The monoisotopic (exact) mass is 214 g/mol. The van der Waals surface area contributed by atoms with E-state index in [1.165, 1.54) is 19.3 Å². The number of hydrogen-bond donors (Lipinski definition) is 1. The lowest BCUT2D eigenvalue weighted by atomic mass is 10.1. The molecule has 0 aromatic rings. The van der Waals surface area contributed by atoms with Crippen LogP contribution in [-0.4, -0.2) is 43.8 Å². The second-order valence-electron chi connectivity index (χ2n) is 4.93. The van der Waals surface area contributed by atoms with Crippen LogP contribution in [0.3, 0.4) is 0 Å². The standard InChI is InChI=1S/C12H26N2O/c1-11(2)9-14(7-6-13)10-12-5-3-4-8-15-12/h11-12H,3-10,13H2,1-2H3. The van der Waals surface area contributed by atoms with Crippen molar-refractivity contribution in [3.05, 3.63) is 0 Å². The lowest BCUT2D eigenvalue weighted by Gasteiger charge is -2.30. The zero-order chi connectivity index (χ0) is 11.1. The number of rotatable bonds is 6. The van der Waals surface area contributed by atoms with Crippen LogP contribution in [0, 0.1) is 5.92 Å². The Balaban J connectivity index is 2.28. The van der Waals surface area contributed by atoms with E-state index in [-0.39, 0.29) is 0 Å². The van der Waals surface area contributed by atoms with Crippen molar-refractivity contribution >= 4 is 0 Å². The summed E-state index contributed by atoms with van der Waals surface area (Å²) in [7, 11) is 0. The highest BCUT2D eigenvalue weighted by molar-refractivity contribution is 4.70. The third-order valence-electron chi connectivity index (χ3n) is 2.80. The van der Waals surface area contributed by atoms with E-state index in [4.69, 9.17) is 10.5 Å². The molecular weight excluding hydrogens is 188 g/mol. The molecule has 1 aliphatic rings. The van der Waals surface area contributed by atoms with Crippen LogP contribution in [-0.2, 0) is 4.74 Å². The molecule has 1 saturated heterocycles. The van der Waals surface area contributed by atoms with Crippen molar-refractivity contribution < 1.29 is 4.74 Å². The minimum Gasteiger partial charge on any atom is -0.377 e. The zero-order valence-corrected chi connectivity index (χ0v) is 10.2. The summed E-state index contributed by atoms with van der Waals surface area (Å²) in [6.07, 6.45) is 4.23. The van der Waals surface area contributed by atoms with Crippen molar-refractivity contribution in [2.24, 2.45) is 11.7 Å². The molecule has 0 aromatic heterocycles. The molecule has 0 radical (unpaired) electrons. The van der Waals surface area contributed by atoms with Gasteiger partial charge < -0.3 is 10.5 Å². The van der Waals surface area contributed by atoms with Gasteiger partial charge in [0.1, 0.15) is 0 Å². The van der Waals surface area contributed by atoms with Gasteiger partial charge in [0.05, 0.1) is 6.10 Å². The van der Waals surface area contributed by atoms with Crippen LogP contribution in [0.15, 0.2) is 0 Å². The first-order valence-electron chi connectivity index (χ1n) is 6.26. The maximum Gasteiger partial charge on any atom is 0.0702 e. The summed E-state index contributed by atoms with van der Waals surface area (Å²) in [5, 5.41) is 0. The van der Waals surface area contributed by atoms with E-state index < -0.39 is 0 Å². The maximum atomic E-state index is 5.75. The summed E-state index contributed by atoms with van der Waals surface area (Å²) in [4.78, 5) is 2.45. The summed E-state index contributed by atoms with van der Waals surface area (Å²) in [5.74, 6) is 0.708. The fraction of sp³-hybridized carbons (Fsp3) is 1.00. The molecule has 0 aliphatic carbocycles. The van der Waals surface area contributed by atoms with E-state index in [1.807, 2.05) is 0 Å². The van der Waals surface area contributed by atoms with Crippen LogP contribution < -0.4 is 5.73 Å². The number of hydrogen-bond acceptors (Lipinski definition) is 3. The van der Waals surface area contributed by atoms with Gasteiger partial charge in [0.25, 0.3) is 0 Å². The Bertz CT molecular complexity index is 156. The molecule has 3 heteroatoms. The SMILES string of the molecule is CC(C)CN(CCN)CC1CCCCO1. The molecule has 1 fully saturated rings. The molecule has 0 amide bonds. The van der Waals surface area contributed by atoms with Crippen LogP contribution in [0.25, 0.3) is 0 Å². The Morgan fingerprint density at radius 2 is 2.20 bits per heavy atom. The van der Waals surface area contributed by atoms with E-state index in [0.29, 0.717) is 12.0 Å². The Hall–Kier alpha value is -0.120. The van der Waals surface area contributed by atoms with Crippen molar-refractivity contribution in [1.29, 1.82) is 0 Å². The number of nitrogens with two attached hydrogens (primary N) is 1. The number of ether oxygens (including phenoxy) is 1. The molecule has 90 valence electrons. The van der Waals surface area contributed by atoms with Gasteiger partial charge >= 0.3 is 0 Å². The molecule has 1 heterocycles. The summed E-state index contributed by atoms with van der Waals surface area (Å²) in [5.41, 5.74) is 5.63. The Kier molecular flexibility index (Phi) is 6.22. The highest BCUT2D eigenvalue weighted by Crippen LogP contribution is 2.14. The van der Waals surface area contributed by atoms with Gasteiger partial charge in [0.2, 0.25) is 0 Å². The molecule has 1 unspecified atom stereocenters. The zero-order valence-electron chi connectivity index (χ0n) is 10.2. The van der Waals surface area contributed by atoms with E-state index in [1.54, 1.807) is 0 Å². The Morgan fingerprint density at radius 1 is 1.40 bits per heavy atom. The minimum absolute atomic E-state index is 0.448. The van der Waals surface area contributed by atoms with E-state index >= 15 is 0 Å². The molecule has 15 heavy (non-hydrogen) atoms. The van der Waals surface area contributed by atoms with Crippen LogP contribution >= 0.6 is 0 Å². The molecule has 0 bridgehead atoms. The van der Waals surface area contributed by atoms with Gasteiger partial charge in [-0.1, -0.05) is 13.8 Å². The van der Waals surface area contributed by atoms with Crippen molar-refractivity contribution in [2.75, 3.05) is 32.8 Å². The van der Waals surface area contributed by atoms with Crippen molar-refractivity contribution in [3.8, 4) is 0 Å². The molecule has 3 nitrogen and oxygen atoms in total. The van der Waals surface area contributed by atoms with Gasteiger partial charge in [-0.3, -0.25) is 4.90 Å². The quantitative estimate of drug-likeness (QED) is 0.728. The minimum atomic E-state index is 0.448. The first-order chi connectivity index (χ1) is 7.22. The molecule has 0 aromatic carbocycles. The van der Waals surface area contributed by atoms with Crippen LogP contribution in [0.1, 0.15) is 33.1 Å². The predicted octanol–water partition coefficient (Wildman–Crippen LogP) is 1.47. The van der Waals surface area contributed by atoms with E-state index in [2.05, 4.69) is 18.7 Å². The Morgan fingerprint density at radius 3 is 2.73 bits per heavy atom. The normalized spacial score (nSPS) is 22.6. The smallest absolute Gasteiger partial charge is 0.0702 e. The summed E-state index contributed by atoms with van der Waals surface area (Å²) < 4.78 is 5.75. The lowest BCUT2D eigenvalue weighted by molar-refractivity contribution is -0.00687. The van der Waals surface area contributed by atoms with Gasteiger partial charge in [-0.05, 0) is 25.2 Å². The second-order valence-corrected chi connectivity index (χ2v) is 4.93. The van der Waals surface area contributed by atoms with Crippen LogP contribution in [0.4, 0.5) is 0 Å². The van der Waals surface area contributed by atoms with Crippen LogP contribution in [0.5, 0.6) is 0 Å². The molecule has 1 atom stereocenters. The number of nitrogens with zero attached hydrogens (tertiary/aromatic N) is 1. The lowest BCUT2D eigenvalue weighted by Crippen LogP contribution is -2.40. The van der Waals surface area contributed by atoms with Crippen LogP contribution in [0.2, 0.25) is 0 Å². The van der Waals surface area contributed by atoms with Crippen molar-refractivity contribution in [1.82, 2.24) is 4.90 Å². The highest BCUT2D eigenvalue weighted by atomic mass is 16.5. The molecule has 1 aliphatic heterocycles. The Labute approximate surface area is 94.0 Å².